The van der Waals surface area contributed by atoms with Crippen LogP contribution in [0, 0.1) is 0 Å². The molecule has 0 spiro atoms. The lowest BCUT2D eigenvalue weighted by Gasteiger charge is -2.35. The van der Waals surface area contributed by atoms with Crippen molar-refractivity contribution in [3.8, 4) is 28.7 Å². The van der Waals surface area contributed by atoms with Gasteiger partial charge in [-0.25, -0.2) is 0 Å². The number of carbonyl (C=O) groups is 1. The molecule has 1 fully saturated rings. The number of rotatable bonds is 8. The van der Waals surface area contributed by atoms with E-state index in [0.29, 0.717) is 30.1 Å². The molecular weight excluding hydrogens is 412 g/mol. The largest absolute Gasteiger partial charge is 0.493 e. The number of hydrogen-bond acceptors (Lipinski definition) is 7. The van der Waals surface area contributed by atoms with Gasteiger partial charge in [0.25, 0.3) is 0 Å². The summed E-state index contributed by atoms with van der Waals surface area (Å²) in [6.45, 7) is 4.05. The highest BCUT2D eigenvalue weighted by Crippen LogP contribution is 2.40. The van der Waals surface area contributed by atoms with Gasteiger partial charge in [-0.05, 0) is 30.2 Å². The number of carbonyl (C=O) groups excluding carboxylic acids is 1. The molecule has 2 aromatic carbocycles. The second-order valence-corrected chi connectivity index (χ2v) is 7.84. The van der Waals surface area contributed by atoms with E-state index in [4.69, 9.17) is 23.7 Å². The summed E-state index contributed by atoms with van der Waals surface area (Å²) < 4.78 is 27.2. The van der Waals surface area contributed by atoms with Crippen LogP contribution in [-0.4, -0.2) is 70.0 Å². The van der Waals surface area contributed by atoms with E-state index >= 15 is 0 Å². The summed E-state index contributed by atoms with van der Waals surface area (Å²) in [5.74, 6) is 3.65. The molecule has 0 bridgehead atoms. The summed E-state index contributed by atoms with van der Waals surface area (Å²) >= 11 is 0. The third kappa shape index (κ3) is 4.70. The Kier molecular flexibility index (Phi) is 6.90. The number of nitrogens with zero attached hydrogens (tertiary/aromatic N) is 2. The molecule has 32 heavy (non-hydrogen) atoms. The first-order chi connectivity index (χ1) is 15.6. The Morgan fingerprint density at radius 1 is 0.906 bits per heavy atom. The summed E-state index contributed by atoms with van der Waals surface area (Å²) in [5, 5.41) is 0. The van der Waals surface area contributed by atoms with Crippen molar-refractivity contribution in [3.63, 3.8) is 0 Å². The molecule has 8 heteroatoms. The molecule has 2 aliphatic heterocycles. The van der Waals surface area contributed by atoms with Crippen molar-refractivity contribution in [1.29, 1.82) is 0 Å². The number of hydrogen-bond donors (Lipinski definition) is 0. The van der Waals surface area contributed by atoms with E-state index in [9.17, 15) is 4.79 Å². The highest BCUT2D eigenvalue weighted by molar-refractivity contribution is 5.76. The number of fused-ring (bicyclic) bond motifs is 1. The lowest BCUT2D eigenvalue weighted by molar-refractivity contribution is -0.133. The first-order valence-corrected chi connectivity index (χ1v) is 10.8. The minimum Gasteiger partial charge on any atom is -0.493 e. The van der Waals surface area contributed by atoms with Gasteiger partial charge >= 0.3 is 0 Å². The van der Waals surface area contributed by atoms with Gasteiger partial charge in [0.1, 0.15) is 0 Å². The van der Waals surface area contributed by atoms with Gasteiger partial charge < -0.3 is 28.6 Å². The Balaban J connectivity index is 1.29. The number of benzene rings is 2. The van der Waals surface area contributed by atoms with Gasteiger partial charge in [0.05, 0.1) is 21.3 Å². The van der Waals surface area contributed by atoms with Crippen LogP contribution >= 0.6 is 0 Å². The van der Waals surface area contributed by atoms with Gasteiger partial charge in [-0.2, -0.15) is 0 Å². The Morgan fingerprint density at radius 3 is 2.38 bits per heavy atom. The van der Waals surface area contributed by atoms with Crippen molar-refractivity contribution in [1.82, 2.24) is 9.80 Å². The van der Waals surface area contributed by atoms with Crippen LogP contribution < -0.4 is 23.7 Å². The van der Waals surface area contributed by atoms with Crippen LogP contribution in [0.2, 0.25) is 0 Å². The quantitative estimate of drug-likeness (QED) is 0.623. The molecule has 0 atom stereocenters. The Hall–Kier alpha value is -3.13. The highest BCUT2D eigenvalue weighted by atomic mass is 16.7. The maximum atomic E-state index is 12.7. The highest BCUT2D eigenvalue weighted by Gasteiger charge is 2.23. The summed E-state index contributed by atoms with van der Waals surface area (Å²) in [4.78, 5) is 17.0. The smallest absolute Gasteiger partial charge is 0.231 e. The van der Waals surface area contributed by atoms with Gasteiger partial charge in [0, 0.05) is 44.7 Å². The Morgan fingerprint density at radius 2 is 1.66 bits per heavy atom. The minimum atomic E-state index is 0.186. The average Bonchev–Trinajstić information content (AvgIpc) is 3.30. The fourth-order valence-electron chi connectivity index (χ4n) is 4.19. The van der Waals surface area contributed by atoms with Crippen LogP contribution in [-0.2, 0) is 17.8 Å². The van der Waals surface area contributed by atoms with Crippen molar-refractivity contribution in [2.45, 2.75) is 19.4 Å². The van der Waals surface area contributed by atoms with E-state index in [1.54, 1.807) is 21.3 Å². The summed E-state index contributed by atoms with van der Waals surface area (Å²) in [6, 6.07) is 9.76. The normalized spacial score (nSPS) is 15.5. The molecule has 0 radical (unpaired) electrons. The molecule has 2 aliphatic rings. The van der Waals surface area contributed by atoms with E-state index in [2.05, 4.69) is 4.90 Å². The van der Waals surface area contributed by atoms with Crippen LogP contribution in [0.25, 0.3) is 0 Å². The SMILES string of the molecule is COc1ccc(CN2CCN(C(=O)CCc3ccc4c(c3)OCO4)CC2)c(OC)c1OC. The van der Waals surface area contributed by atoms with Gasteiger partial charge in [-0.3, -0.25) is 9.69 Å². The van der Waals surface area contributed by atoms with Crippen LogP contribution in [0.15, 0.2) is 30.3 Å². The number of ether oxygens (including phenoxy) is 5. The lowest BCUT2D eigenvalue weighted by Crippen LogP contribution is -2.48. The third-order valence-corrected chi connectivity index (χ3v) is 5.97. The predicted molar refractivity (Wildman–Crippen MR) is 119 cm³/mol. The maximum absolute atomic E-state index is 12.7. The topological polar surface area (TPSA) is 69.7 Å². The second kappa shape index (κ2) is 9.99. The van der Waals surface area contributed by atoms with E-state index in [-0.39, 0.29) is 12.7 Å². The first kappa shape index (κ1) is 22.1. The number of piperazine rings is 1. The lowest BCUT2D eigenvalue weighted by atomic mass is 10.1. The maximum Gasteiger partial charge on any atom is 0.231 e. The molecule has 0 aliphatic carbocycles. The van der Waals surface area contributed by atoms with Crippen molar-refractivity contribution in [2.75, 3.05) is 54.3 Å². The standard InChI is InChI=1S/C24H30N2O6/c1-28-20-8-6-18(23(29-2)24(20)30-3)15-25-10-12-26(13-11-25)22(27)9-5-17-4-7-19-21(14-17)32-16-31-19/h4,6-8,14H,5,9-13,15-16H2,1-3H3. The van der Waals surface area contributed by atoms with Crippen molar-refractivity contribution >= 4 is 5.91 Å². The zero-order valence-electron chi connectivity index (χ0n) is 18.9. The van der Waals surface area contributed by atoms with E-state index in [0.717, 1.165) is 55.3 Å². The summed E-state index contributed by atoms with van der Waals surface area (Å²) in [6.07, 6.45) is 1.18. The van der Waals surface area contributed by atoms with Gasteiger partial charge in [0.15, 0.2) is 23.0 Å². The molecule has 172 valence electrons. The minimum absolute atomic E-state index is 0.186. The van der Waals surface area contributed by atoms with E-state index in [1.165, 1.54) is 0 Å². The molecule has 4 rings (SSSR count). The molecule has 1 amide bonds. The Labute approximate surface area is 188 Å². The van der Waals surface area contributed by atoms with Crippen molar-refractivity contribution in [3.05, 3.63) is 41.5 Å². The van der Waals surface area contributed by atoms with Crippen LogP contribution in [0.1, 0.15) is 17.5 Å². The first-order valence-electron chi connectivity index (χ1n) is 10.8. The molecule has 0 aromatic heterocycles. The molecular formula is C24H30N2O6. The molecule has 2 aromatic rings. The molecule has 0 unspecified atom stereocenters. The Bertz CT molecular complexity index is 956. The van der Waals surface area contributed by atoms with Crippen LogP contribution in [0.5, 0.6) is 28.7 Å². The van der Waals surface area contributed by atoms with E-state index in [1.807, 2.05) is 35.2 Å². The average molecular weight is 443 g/mol. The summed E-state index contributed by atoms with van der Waals surface area (Å²) in [5.41, 5.74) is 2.12. The zero-order valence-corrected chi connectivity index (χ0v) is 18.9. The van der Waals surface area contributed by atoms with Crippen LogP contribution in [0.3, 0.4) is 0 Å². The number of aryl methyl sites for hydroxylation is 1. The van der Waals surface area contributed by atoms with Crippen molar-refractivity contribution < 1.29 is 28.5 Å². The molecule has 1 saturated heterocycles. The fourth-order valence-corrected chi connectivity index (χ4v) is 4.19. The number of methoxy groups -OCH3 is 3. The molecule has 0 N–H and O–H groups in total. The molecule has 0 saturated carbocycles. The zero-order chi connectivity index (χ0) is 22.5. The monoisotopic (exact) mass is 442 g/mol. The van der Waals surface area contributed by atoms with Gasteiger partial charge in [-0.1, -0.05) is 12.1 Å². The third-order valence-electron chi connectivity index (χ3n) is 5.97. The van der Waals surface area contributed by atoms with E-state index < -0.39 is 0 Å². The number of amides is 1. The van der Waals surface area contributed by atoms with Crippen molar-refractivity contribution in [2.24, 2.45) is 0 Å². The second-order valence-electron chi connectivity index (χ2n) is 7.84. The van der Waals surface area contributed by atoms with Gasteiger partial charge in [0.2, 0.25) is 18.4 Å². The fraction of sp³-hybridized carbons (Fsp3) is 0.458. The van der Waals surface area contributed by atoms with Gasteiger partial charge in [-0.15, -0.1) is 0 Å². The van der Waals surface area contributed by atoms with Crippen LogP contribution in [0.4, 0.5) is 0 Å². The predicted octanol–water partition coefficient (Wildman–Crippen LogP) is 2.72. The summed E-state index contributed by atoms with van der Waals surface area (Å²) in [7, 11) is 4.86. The molecule has 2 heterocycles. The molecule has 8 nitrogen and oxygen atoms in total.